The van der Waals surface area contributed by atoms with Gasteiger partial charge in [0.15, 0.2) is 0 Å². The number of nitro groups is 1. The number of carbonyl (C=O) groups is 1. The molecule has 0 saturated carbocycles. The summed E-state index contributed by atoms with van der Waals surface area (Å²) in [5, 5.41) is 13.4. The lowest BCUT2D eigenvalue weighted by atomic mass is 9.98. The Hall–Kier alpha value is -3.03. The van der Waals surface area contributed by atoms with Gasteiger partial charge in [-0.2, -0.15) is 0 Å². The summed E-state index contributed by atoms with van der Waals surface area (Å²) in [6.45, 7) is 3.58. The van der Waals surface area contributed by atoms with E-state index >= 15 is 0 Å². The van der Waals surface area contributed by atoms with Crippen molar-refractivity contribution >= 4 is 23.0 Å². The van der Waals surface area contributed by atoms with Crippen molar-refractivity contribution in [2.24, 2.45) is 5.92 Å². The van der Waals surface area contributed by atoms with E-state index in [1.807, 2.05) is 4.90 Å². The highest BCUT2D eigenvalue weighted by atomic mass is 19.1. The lowest BCUT2D eigenvalue weighted by molar-refractivity contribution is -0.384. The smallest absolute Gasteiger partial charge is 0.270 e. The van der Waals surface area contributed by atoms with Gasteiger partial charge in [0.05, 0.1) is 21.9 Å². The number of benzene rings is 2. The maximum Gasteiger partial charge on any atom is 0.270 e. The van der Waals surface area contributed by atoms with Crippen LogP contribution in [0.1, 0.15) is 30.1 Å². The number of amides is 1. The first-order chi connectivity index (χ1) is 12.8. The number of nitrogens with zero attached hydrogens (tertiary/aromatic N) is 2. The van der Waals surface area contributed by atoms with Crippen LogP contribution in [0, 0.1) is 27.7 Å². The number of piperidine rings is 1. The van der Waals surface area contributed by atoms with E-state index in [4.69, 9.17) is 0 Å². The van der Waals surface area contributed by atoms with E-state index in [9.17, 15) is 23.7 Å². The topological polar surface area (TPSA) is 75.5 Å². The molecule has 0 spiro atoms. The molecule has 0 atom stereocenters. The number of nitrogens with one attached hydrogen (secondary N) is 1. The maximum absolute atomic E-state index is 13.9. The fourth-order valence-electron chi connectivity index (χ4n) is 3.13. The summed E-state index contributed by atoms with van der Waals surface area (Å²) in [6.07, 6.45) is 1.88. The van der Waals surface area contributed by atoms with Crippen LogP contribution in [0.4, 0.5) is 25.8 Å². The van der Waals surface area contributed by atoms with Gasteiger partial charge in [-0.05, 0) is 37.0 Å². The molecule has 1 fully saturated rings. The fraction of sp³-hybridized carbons (Fsp3) is 0.316. The summed E-state index contributed by atoms with van der Waals surface area (Å²) in [7, 11) is 0. The Bertz CT molecular complexity index is 880. The van der Waals surface area contributed by atoms with Crippen LogP contribution in [-0.4, -0.2) is 23.9 Å². The minimum atomic E-state index is -0.788. The predicted molar refractivity (Wildman–Crippen MR) is 98.0 cm³/mol. The first-order valence-electron chi connectivity index (χ1n) is 8.65. The summed E-state index contributed by atoms with van der Waals surface area (Å²) in [4.78, 5) is 25.2. The maximum atomic E-state index is 13.9. The quantitative estimate of drug-likeness (QED) is 0.636. The molecule has 1 saturated heterocycles. The van der Waals surface area contributed by atoms with Crippen molar-refractivity contribution in [3.8, 4) is 0 Å². The zero-order chi connectivity index (χ0) is 19.6. The van der Waals surface area contributed by atoms with Crippen molar-refractivity contribution < 1.29 is 18.5 Å². The normalized spacial score (nSPS) is 14.9. The molecule has 0 aliphatic carbocycles. The van der Waals surface area contributed by atoms with Gasteiger partial charge in [0, 0.05) is 31.3 Å². The van der Waals surface area contributed by atoms with Gasteiger partial charge >= 0.3 is 0 Å². The van der Waals surface area contributed by atoms with Crippen molar-refractivity contribution in [3.05, 3.63) is 63.7 Å². The van der Waals surface area contributed by atoms with E-state index < -0.39 is 22.5 Å². The van der Waals surface area contributed by atoms with Gasteiger partial charge in [0.1, 0.15) is 11.6 Å². The van der Waals surface area contributed by atoms with Crippen LogP contribution in [-0.2, 0) is 0 Å². The third-order valence-electron chi connectivity index (χ3n) is 4.74. The Morgan fingerprint density at radius 1 is 1.19 bits per heavy atom. The minimum absolute atomic E-state index is 0.0578. The van der Waals surface area contributed by atoms with Gasteiger partial charge < -0.3 is 10.2 Å². The van der Waals surface area contributed by atoms with E-state index in [-0.39, 0.29) is 16.9 Å². The fourth-order valence-corrected chi connectivity index (χ4v) is 3.13. The molecule has 142 valence electrons. The molecule has 27 heavy (non-hydrogen) atoms. The van der Waals surface area contributed by atoms with Crippen molar-refractivity contribution in [1.82, 2.24) is 0 Å². The number of halogens is 2. The van der Waals surface area contributed by atoms with E-state index in [1.54, 1.807) is 0 Å². The molecular formula is C19H19F2N3O3. The van der Waals surface area contributed by atoms with Crippen LogP contribution in [0.25, 0.3) is 0 Å². The molecule has 8 heteroatoms. The average Bonchev–Trinajstić information content (AvgIpc) is 2.65. The van der Waals surface area contributed by atoms with Crippen molar-refractivity contribution in [2.75, 3.05) is 23.3 Å². The second kappa shape index (κ2) is 7.69. The number of non-ortho nitro benzene ring substituents is 1. The standard InChI is InChI=1S/C19H19F2N3O3/c1-12-6-8-23(9-7-12)18-5-3-14(24(26)27)11-15(18)19(25)22-17-10-13(20)2-4-16(17)21/h2-5,10-12H,6-9H2,1H3,(H,22,25). The second-order valence-electron chi connectivity index (χ2n) is 6.71. The van der Waals surface area contributed by atoms with Gasteiger partial charge in [-0.25, -0.2) is 8.78 Å². The van der Waals surface area contributed by atoms with Crippen molar-refractivity contribution in [3.63, 3.8) is 0 Å². The highest BCUT2D eigenvalue weighted by Crippen LogP contribution is 2.30. The summed E-state index contributed by atoms with van der Waals surface area (Å²) in [5.74, 6) is -1.64. The monoisotopic (exact) mass is 375 g/mol. The molecule has 0 aromatic heterocycles. The third kappa shape index (κ3) is 4.21. The first-order valence-corrected chi connectivity index (χ1v) is 8.65. The average molecular weight is 375 g/mol. The van der Waals surface area contributed by atoms with Gasteiger partial charge in [0.25, 0.3) is 11.6 Å². The predicted octanol–water partition coefficient (Wildman–Crippen LogP) is 4.36. The first kappa shape index (κ1) is 18.8. The summed E-state index contributed by atoms with van der Waals surface area (Å²) >= 11 is 0. The number of carbonyl (C=O) groups excluding carboxylic acids is 1. The minimum Gasteiger partial charge on any atom is -0.371 e. The lowest BCUT2D eigenvalue weighted by Crippen LogP contribution is -2.34. The van der Waals surface area contributed by atoms with E-state index in [2.05, 4.69) is 12.2 Å². The third-order valence-corrected chi connectivity index (χ3v) is 4.74. The molecule has 6 nitrogen and oxygen atoms in total. The number of hydrogen-bond donors (Lipinski definition) is 1. The van der Waals surface area contributed by atoms with Gasteiger partial charge in [-0.1, -0.05) is 6.92 Å². The SMILES string of the molecule is CC1CCN(c2ccc([N+](=O)[O-])cc2C(=O)Nc2cc(F)ccc2F)CC1. The Kier molecular flexibility index (Phi) is 5.34. The lowest BCUT2D eigenvalue weighted by Gasteiger charge is -2.33. The van der Waals surface area contributed by atoms with Crippen LogP contribution in [0.2, 0.25) is 0 Å². The molecule has 1 aliphatic rings. The molecule has 1 heterocycles. The molecule has 3 rings (SSSR count). The largest absolute Gasteiger partial charge is 0.371 e. The Morgan fingerprint density at radius 2 is 1.89 bits per heavy atom. The van der Waals surface area contributed by atoms with Gasteiger partial charge in [-0.15, -0.1) is 0 Å². The van der Waals surface area contributed by atoms with E-state index in [0.29, 0.717) is 24.7 Å². The summed E-state index contributed by atoms with van der Waals surface area (Å²) in [6, 6.07) is 6.76. The Balaban J connectivity index is 1.95. The van der Waals surface area contributed by atoms with Gasteiger partial charge in [-0.3, -0.25) is 14.9 Å². The number of anilines is 2. The molecule has 1 aliphatic heterocycles. The summed E-state index contributed by atoms with van der Waals surface area (Å²) in [5.41, 5.74) is 0.0444. The molecular weight excluding hydrogens is 356 g/mol. The zero-order valence-corrected chi connectivity index (χ0v) is 14.7. The molecule has 1 amide bonds. The van der Waals surface area contributed by atoms with E-state index in [1.165, 1.54) is 18.2 Å². The molecule has 2 aromatic rings. The number of nitro benzene ring substituents is 1. The molecule has 1 N–H and O–H groups in total. The van der Waals surface area contributed by atoms with Crippen LogP contribution < -0.4 is 10.2 Å². The number of hydrogen-bond acceptors (Lipinski definition) is 4. The van der Waals surface area contributed by atoms with Crippen molar-refractivity contribution in [2.45, 2.75) is 19.8 Å². The second-order valence-corrected chi connectivity index (χ2v) is 6.71. The van der Waals surface area contributed by atoms with Crippen LogP contribution in [0.5, 0.6) is 0 Å². The Labute approximate surface area is 154 Å². The van der Waals surface area contributed by atoms with Gasteiger partial charge in [0.2, 0.25) is 0 Å². The zero-order valence-electron chi connectivity index (χ0n) is 14.7. The van der Waals surface area contributed by atoms with Crippen LogP contribution >= 0.6 is 0 Å². The highest BCUT2D eigenvalue weighted by Gasteiger charge is 2.24. The van der Waals surface area contributed by atoms with Crippen molar-refractivity contribution in [1.29, 1.82) is 0 Å². The molecule has 2 aromatic carbocycles. The Morgan fingerprint density at radius 3 is 2.56 bits per heavy atom. The van der Waals surface area contributed by atoms with E-state index in [0.717, 1.165) is 31.0 Å². The van der Waals surface area contributed by atoms with Crippen LogP contribution in [0.15, 0.2) is 36.4 Å². The molecule has 0 unspecified atom stereocenters. The summed E-state index contributed by atoms with van der Waals surface area (Å²) < 4.78 is 27.2. The molecule has 0 bridgehead atoms. The highest BCUT2D eigenvalue weighted by molar-refractivity contribution is 6.08. The van der Waals surface area contributed by atoms with Crippen LogP contribution in [0.3, 0.4) is 0 Å². The number of rotatable bonds is 4. The molecule has 0 radical (unpaired) electrons.